The van der Waals surface area contributed by atoms with Gasteiger partial charge in [0.15, 0.2) is 0 Å². The molecule has 1 aromatic heterocycles. The standard InChI is InChI=1S/C18H19Cl2N3O/c19-13-7-14(20)9-16(8-13)22-17-6-12(10-21-11-17)18(24)23-15-4-2-1-3-5-15/h6-11,15,22H,1-5H2,(H,23,24). The van der Waals surface area contributed by atoms with Crippen molar-refractivity contribution in [2.75, 3.05) is 5.32 Å². The molecule has 1 amide bonds. The van der Waals surface area contributed by atoms with Crippen LogP contribution in [0.3, 0.4) is 0 Å². The molecule has 1 saturated carbocycles. The topological polar surface area (TPSA) is 54.0 Å². The lowest BCUT2D eigenvalue weighted by molar-refractivity contribution is 0.0927. The first-order valence-corrected chi connectivity index (χ1v) is 8.85. The molecule has 0 saturated heterocycles. The number of aromatic nitrogens is 1. The molecule has 0 atom stereocenters. The van der Waals surface area contributed by atoms with E-state index in [-0.39, 0.29) is 11.9 Å². The lowest BCUT2D eigenvalue weighted by Gasteiger charge is -2.22. The molecule has 1 aliphatic carbocycles. The molecule has 4 nitrogen and oxygen atoms in total. The summed E-state index contributed by atoms with van der Waals surface area (Å²) in [4.78, 5) is 16.6. The SMILES string of the molecule is O=C(NC1CCCCC1)c1cncc(Nc2cc(Cl)cc(Cl)c2)c1. The summed E-state index contributed by atoms with van der Waals surface area (Å²) in [5, 5.41) is 7.36. The van der Waals surface area contributed by atoms with Crippen LogP contribution in [0.1, 0.15) is 42.5 Å². The van der Waals surface area contributed by atoms with Crippen LogP contribution in [0.4, 0.5) is 11.4 Å². The van der Waals surface area contributed by atoms with Crippen molar-refractivity contribution >= 4 is 40.5 Å². The first-order valence-electron chi connectivity index (χ1n) is 8.09. The van der Waals surface area contributed by atoms with Crippen LogP contribution in [0.2, 0.25) is 10.0 Å². The van der Waals surface area contributed by atoms with Crippen molar-refractivity contribution in [1.29, 1.82) is 0 Å². The van der Waals surface area contributed by atoms with Crippen molar-refractivity contribution in [1.82, 2.24) is 10.3 Å². The maximum absolute atomic E-state index is 12.4. The van der Waals surface area contributed by atoms with Gasteiger partial charge in [0.25, 0.3) is 5.91 Å². The van der Waals surface area contributed by atoms with E-state index < -0.39 is 0 Å². The van der Waals surface area contributed by atoms with Crippen LogP contribution in [0, 0.1) is 0 Å². The Kier molecular flexibility index (Phi) is 5.59. The number of pyridine rings is 1. The molecule has 0 unspecified atom stereocenters. The number of nitrogens with one attached hydrogen (secondary N) is 2. The van der Waals surface area contributed by atoms with Crippen molar-refractivity contribution in [2.24, 2.45) is 0 Å². The summed E-state index contributed by atoms with van der Waals surface area (Å²) in [6, 6.07) is 7.25. The molecule has 2 N–H and O–H groups in total. The average molecular weight is 364 g/mol. The van der Waals surface area contributed by atoms with E-state index in [0.717, 1.165) is 18.5 Å². The first-order chi connectivity index (χ1) is 11.6. The number of carbonyl (C=O) groups is 1. The Morgan fingerprint density at radius 2 is 1.67 bits per heavy atom. The van der Waals surface area contributed by atoms with E-state index in [1.54, 1.807) is 36.7 Å². The van der Waals surface area contributed by atoms with E-state index in [1.165, 1.54) is 19.3 Å². The molecule has 0 bridgehead atoms. The van der Waals surface area contributed by atoms with Gasteiger partial charge < -0.3 is 10.6 Å². The molecule has 1 aromatic carbocycles. The highest BCUT2D eigenvalue weighted by Gasteiger charge is 2.17. The predicted octanol–water partition coefficient (Wildman–Crippen LogP) is 5.19. The molecule has 0 aliphatic heterocycles. The molecule has 1 heterocycles. The van der Waals surface area contributed by atoms with Gasteiger partial charge in [-0.15, -0.1) is 0 Å². The van der Waals surface area contributed by atoms with Gasteiger partial charge >= 0.3 is 0 Å². The summed E-state index contributed by atoms with van der Waals surface area (Å²) in [6.45, 7) is 0. The number of amides is 1. The molecule has 0 radical (unpaired) electrons. The number of hydrogen-bond donors (Lipinski definition) is 2. The van der Waals surface area contributed by atoms with Gasteiger partial charge in [0.05, 0.1) is 17.4 Å². The van der Waals surface area contributed by atoms with Gasteiger partial charge in [-0.1, -0.05) is 42.5 Å². The number of nitrogens with zero attached hydrogens (tertiary/aromatic N) is 1. The summed E-state index contributed by atoms with van der Waals surface area (Å²) >= 11 is 12.0. The van der Waals surface area contributed by atoms with Gasteiger partial charge in [0.2, 0.25) is 0 Å². The number of rotatable bonds is 4. The maximum atomic E-state index is 12.4. The Bertz CT molecular complexity index is 710. The summed E-state index contributed by atoms with van der Waals surface area (Å²) in [5.74, 6) is -0.0813. The molecule has 2 aromatic rings. The fourth-order valence-electron chi connectivity index (χ4n) is 2.94. The van der Waals surface area contributed by atoms with Crippen molar-refractivity contribution in [2.45, 2.75) is 38.1 Å². The van der Waals surface area contributed by atoms with E-state index in [9.17, 15) is 4.79 Å². The van der Waals surface area contributed by atoms with Crippen LogP contribution in [0.15, 0.2) is 36.7 Å². The maximum Gasteiger partial charge on any atom is 0.253 e. The molecule has 24 heavy (non-hydrogen) atoms. The molecule has 0 spiro atoms. The van der Waals surface area contributed by atoms with Crippen molar-refractivity contribution in [3.63, 3.8) is 0 Å². The third-order valence-corrected chi connectivity index (χ3v) is 4.53. The van der Waals surface area contributed by atoms with Crippen LogP contribution >= 0.6 is 23.2 Å². The third kappa shape index (κ3) is 4.62. The van der Waals surface area contributed by atoms with Crippen LogP contribution < -0.4 is 10.6 Å². The summed E-state index contributed by atoms with van der Waals surface area (Å²) in [6.07, 6.45) is 8.97. The van der Waals surface area contributed by atoms with E-state index in [1.807, 2.05) is 0 Å². The number of carbonyl (C=O) groups excluding carboxylic acids is 1. The zero-order valence-electron chi connectivity index (χ0n) is 13.2. The van der Waals surface area contributed by atoms with Gasteiger partial charge in [-0.25, -0.2) is 0 Å². The monoisotopic (exact) mass is 363 g/mol. The van der Waals surface area contributed by atoms with E-state index >= 15 is 0 Å². The molecule has 1 aliphatic rings. The summed E-state index contributed by atoms with van der Waals surface area (Å²) in [7, 11) is 0. The predicted molar refractivity (Wildman–Crippen MR) is 98.3 cm³/mol. The zero-order chi connectivity index (χ0) is 16.9. The van der Waals surface area contributed by atoms with Crippen LogP contribution in [-0.4, -0.2) is 16.9 Å². The first kappa shape index (κ1) is 17.1. The molecule has 126 valence electrons. The molecule has 3 rings (SSSR count). The number of hydrogen-bond acceptors (Lipinski definition) is 3. The van der Waals surface area contributed by atoms with E-state index in [2.05, 4.69) is 15.6 Å². The van der Waals surface area contributed by atoms with Crippen molar-refractivity contribution in [3.8, 4) is 0 Å². The van der Waals surface area contributed by atoms with Gasteiger partial charge in [-0.3, -0.25) is 9.78 Å². The second-order valence-electron chi connectivity index (χ2n) is 6.05. The highest BCUT2D eigenvalue weighted by atomic mass is 35.5. The Balaban J connectivity index is 1.70. The van der Waals surface area contributed by atoms with Crippen molar-refractivity contribution < 1.29 is 4.79 Å². The number of halogens is 2. The average Bonchev–Trinajstić information content (AvgIpc) is 2.55. The van der Waals surface area contributed by atoms with Gasteiger partial charge in [0, 0.05) is 28.0 Å². The smallest absolute Gasteiger partial charge is 0.253 e. The summed E-state index contributed by atoms with van der Waals surface area (Å²) in [5.41, 5.74) is 2.00. The van der Waals surface area contributed by atoms with Crippen LogP contribution in [-0.2, 0) is 0 Å². The molecule has 1 fully saturated rings. The minimum absolute atomic E-state index is 0.0813. The van der Waals surface area contributed by atoms with Crippen molar-refractivity contribution in [3.05, 3.63) is 52.3 Å². The van der Waals surface area contributed by atoms with Crippen LogP contribution in [0.5, 0.6) is 0 Å². The minimum atomic E-state index is -0.0813. The fourth-order valence-corrected chi connectivity index (χ4v) is 3.47. The largest absolute Gasteiger partial charge is 0.354 e. The Hall–Kier alpha value is -1.78. The third-order valence-electron chi connectivity index (χ3n) is 4.09. The normalized spacial score (nSPS) is 15.1. The highest BCUT2D eigenvalue weighted by Crippen LogP contribution is 2.25. The Morgan fingerprint density at radius 1 is 0.958 bits per heavy atom. The second kappa shape index (κ2) is 7.86. The lowest BCUT2D eigenvalue weighted by Crippen LogP contribution is -2.36. The highest BCUT2D eigenvalue weighted by molar-refractivity contribution is 6.35. The number of anilines is 2. The quantitative estimate of drug-likeness (QED) is 0.785. The Morgan fingerprint density at radius 3 is 2.38 bits per heavy atom. The van der Waals surface area contributed by atoms with Gasteiger partial charge in [-0.05, 0) is 37.1 Å². The lowest BCUT2D eigenvalue weighted by atomic mass is 9.95. The Labute approximate surface area is 151 Å². The second-order valence-corrected chi connectivity index (χ2v) is 6.93. The van der Waals surface area contributed by atoms with Crippen LogP contribution in [0.25, 0.3) is 0 Å². The summed E-state index contributed by atoms with van der Waals surface area (Å²) < 4.78 is 0. The minimum Gasteiger partial charge on any atom is -0.354 e. The van der Waals surface area contributed by atoms with Gasteiger partial charge in [-0.2, -0.15) is 0 Å². The fraction of sp³-hybridized carbons (Fsp3) is 0.333. The molecular formula is C18H19Cl2N3O. The van der Waals surface area contributed by atoms with Gasteiger partial charge in [0.1, 0.15) is 0 Å². The number of benzene rings is 1. The molecule has 6 heteroatoms. The van der Waals surface area contributed by atoms with E-state index in [4.69, 9.17) is 23.2 Å². The van der Waals surface area contributed by atoms with E-state index in [0.29, 0.717) is 21.3 Å². The zero-order valence-corrected chi connectivity index (χ0v) is 14.7. The molecular weight excluding hydrogens is 345 g/mol.